The van der Waals surface area contributed by atoms with Crippen LogP contribution in [0.15, 0.2) is 48.0 Å². The molecule has 2 aromatic rings. The van der Waals surface area contributed by atoms with Crippen molar-refractivity contribution < 1.29 is 23.7 Å². The van der Waals surface area contributed by atoms with Crippen LogP contribution >= 0.6 is 0 Å². The van der Waals surface area contributed by atoms with Crippen molar-refractivity contribution in [2.24, 2.45) is 4.99 Å². The predicted molar refractivity (Wildman–Crippen MR) is 135 cm³/mol. The van der Waals surface area contributed by atoms with E-state index >= 15 is 0 Å². The highest BCUT2D eigenvalue weighted by Crippen LogP contribution is 2.43. The van der Waals surface area contributed by atoms with Crippen molar-refractivity contribution in [1.29, 1.82) is 5.26 Å². The van der Waals surface area contributed by atoms with Gasteiger partial charge in [-0.1, -0.05) is 12.1 Å². The maximum atomic E-state index is 10.0. The molecule has 0 heterocycles. The Morgan fingerprint density at radius 2 is 1.56 bits per heavy atom. The first-order valence-corrected chi connectivity index (χ1v) is 10.9. The molecular formula is C27H32N2O5. The molecule has 7 heteroatoms. The summed E-state index contributed by atoms with van der Waals surface area (Å²) in [6.45, 7) is 4.27. The first-order chi connectivity index (χ1) is 16.6. The van der Waals surface area contributed by atoms with Crippen LogP contribution in [0.2, 0.25) is 0 Å². The van der Waals surface area contributed by atoms with E-state index in [0.717, 1.165) is 24.8 Å². The zero-order chi connectivity index (χ0) is 24.9. The number of nitriles is 1. The molecule has 0 aliphatic heterocycles. The maximum absolute atomic E-state index is 10.0. The SMILES string of the molecule is C=CCCCCN=C(C#N)/C(=C/c1ccc(OC)c(OC)c1)c1ccc(OC)c(OC)c1OC. The van der Waals surface area contributed by atoms with Gasteiger partial charge in [-0.25, -0.2) is 0 Å². The van der Waals surface area contributed by atoms with Gasteiger partial charge in [-0.15, -0.1) is 6.58 Å². The molecule has 0 radical (unpaired) electrons. The topological polar surface area (TPSA) is 82.3 Å². The highest BCUT2D eigenvalue weighted by molar-refractivity contribution is 6.35. The van der Waals surface area contributed by atoms with Crippen molar-refractivity contribution in [2.75, 3.05) is 42.1 Å². The largest absolute Gasteiger partial charge is 0.493 e. The summed E-state index contributed by atoms with van der Waals surface area (Å²) in [6, 6.07) is 11.4. The molecule has 180 valence electrons. The van der Waals surface area contributed by atoms with Crippen LogP contribution in [0.1, 0.15) is 30.4 Å². The van der Waals surface area contributed by atoms with Crippen molar-refractivity contribution >= 4 is 17.4 Å². The van der Waals surface area contributed by atoms with E-state index in [9.17, 15) is 5.26 Å². The van der Waals surface area contributed by atoms with Crippen LogP contribution < -0.4 is 23.7 Å². The Hall–Kier alpha value is -3.92. The van der Waals surface area contributed by atoms with Gasteiger partial charge in [0.05, 0.1) is 35.5 Å². The lowest BCUT2D eigenvalue weighted by atomic mass is 9.96. The number of unbranched alkanes of at least 4 members (excludes halogenated alkanes) is 2. The molecule has 0 spiro atoms. The Bertz CT molecular complexity index is 1080. The van der Waals surface area contributed by atoms with Gasteiger partial charge in [0.25, 0.3) is 0 Å². The van der Waals surface area contributed by atoms with Crippen molar-refractivity contribution in [3.8, 4) is 34.8 Å². The van der Waals surface area contributed by atoms with Gasteiger partial charge in [-0.05, 0) is 55.2 Å². The lowest BCUT2D eigenvalue weighted by Gasteiger charge is -2.17. The summed E-state index contributed by atoms with van der Waals surface area (Å²) in [5.41, 5.74) is 2.34. The van der Waals surface area contributed by atoms with Gasteiger partial charge in [-0.2, -0.15) is 5.26 Å². The van der Waals surface area contributed by atoms with Gasteiger partial charge in [0, 0.05) is 17.7 Å². The molecule has 0 N–H and O–H groups in total. The zero-order valence-corrected chi connectivity index (χ0v) is 20.5. The number of methoxy groups -OCH3 is 5. The minimum absolute atomic E-state index is 0.291. The third-order valence-corrected chi connectivity index (χ3v) is 5.16. The zero-order valence-electron chi connectivity index (χ0n) is 20.5. The summed E-state index contributed by atoms with van der Waals surface area (Å²) in [6.07, 6.45) is 6.47. The van der Waals surface area contributed by atoms with Crippen molar-refractivity contribution in [1.82, 2.24) is 0 Å². The van der Waals surface area contributed by atoms with Gasteiger partial charge in [-0.3, -0.25) is 4.99 Å². The number of hydrogen-bond donors (Lipinski definition) is 0. The summed E-state index contributed by atoms with van der Waals surface area (Å²) >= 11 is 0. The average molecular weight is 465 g/mol. The number of hydrogen-bond acceptors (Lipinski definition) is 7. The van der Waals surface area contributed by atoms with Crippen LogP contribution in [0, 0.1) is 11.3 Å². The predicted octanol–water partition coefficient (Wildman–Crippen LogP) is 5.59. The van der Waals surface area contributed by atoms with E-state index in [0.29, 0.717) is 52.1 Å². The number of benzene rings is 2. The minimum Gasteiger partial charge on any atom is -0.493 e. The van der Waals surface area contributed by atoms with Crippen molar-refractivity contribution in [2.45, 2.75) is 19.3 Å². The van der Waals surface area contributed by atoms with E-state index in [4.69, 9.17) is 23.7 Å². The second kappa shape index (κ2) is 13.6. The molecule has 2 rings (SSSR count). The quantitative estimate of drug-likeness (QED) is 0.166. The second-order valence-corrected chi connectivity index (χ2v) is 7.18. The Kier molecular flexibility index (Phi) is 10.5. The fourth-order valence-corrected chi connectivity index (χ4v) is 3.47. The first kappa shape index (κ1) is 26.3. The smallest absolute Gasteiger partial charge is 0.203 e. The molecular weight excluding hydrogens is 432 g/mol. The molecule has 0 amide bonds. The Morgan fingerprint density at radius 1 is 0.882 bits per heavy atom. The molecule has 0 aromatic heterocycles. The Labute approximate surface area is 201 Å². The molecule has 0 atom stereocenters. The highest BCUT2D eigenvalue weighted by atomic mass is 16.5. The standard InChI is InChI=1S/C27H32N2O5/c1-7-8-9-10-15-29-22(18-28)21(16-19-11-13-23(30-2)25(17-19)32-4)20-12-14-24(31-3)27(34-6)26(20)33-5/h7,11-14,16-17H,1,8-10,15H2,2-6H3/b21-16+,29-22?. The lowest BCUT2D eigenvalue weighted by Crippen LogP contribution is -2.05. The lowest BCUT2D eigenvalue weighted by molar-refractivity contribution is 0.324. The summed E-state index contributed by atoms with van der Waals surface area (Å²) in [7, 11) is 7.81. The molecule has 0 unspecified atom stereocenters. The van der Waals surface area contributed by atoms with Crippen LogP contribution in [0.3, 0.4) is 0 Å². The van der Waals surface area contributed by atoms with E-state index in [-0.39, 0.29) is 0 Å². The summed E-state index contributed by atoms with van der Waals surface area (Å²) in [5, 5.41) is 10.0. The van der Waals surface area contributed by atoms with Crippen LogP contribution in [0.25, 0.3) is 11.6 Å². The summed E-state index contributed by atoms with van der Waals surface area (Å²) < 4.78 is 27.5. The molecule has 0 fully saturated rings. The van der Waals surface area contributed by atoms with E-state index in [1.54, 1.807) is 41.6 Å². The van der Waals surface area contributed by atoms with E-state index in [1.807, 2.05) is 36.4 Å². The van der Waals surface area contributed by atoms with Crippen LogP contribution in [-0.2, 0) is 0 Å². The van der Waals surface area contributed by atoms with Crippen LogP contribution in [0.4, 0.5) is 0 Å². The van der Waals surface area contributed by atoms with Gasteiger partial charge in [0.15, 0.2) is 23.0 Å². The van der Waals surface area contributed by atoms with Crippen molar-refractivity contribution in [3.63, 3.8) is 0 Å². The number of rotatable bonds is 13. The third kappa shape index (κ3) is 6.32. The molecule has 0 saturated heterocycles. The van der Waals surface area contributed by atoms with Crippen molar-refractivity contribution in [3.05, 3.63) is 54.1 Å². The Morgan fingerprint density at radius 3 is 2.15 bits per heavy atom. The minimum atomic E-state index is 0.291. The highest BCUT2D eigenvalue weighted by Gasteiger charge is 2.21. The van der Waals surface area contributed by atoms with Gasteiger partial charge in [0.2, 0.25) is 5.75 Å². The van der Waals surface area contributed by atoms with Crippen LogP contribution in [0.5, 0.6) is 28.7 Å². The van der Waals surface area contributed by atoms with E-state index in [2.05, 4.69) is 17.6 Å². The maximum Gasteiger partial charge on any atom is 0.203 e. The molecule has 0 saturated carbocycles. The van der Waals surface area contributed by atoms with Gasteiger partial charge >= 0.3 is 0 Å². The van der Waals surface area contributed by atoms with E-state index < -0.39 is 0 Å². The monoisotopic (exact) mass is 464 g/mol. The molecule has 0 aliphatic rings. The molecule has 7 nitrogen and oxygen atoms in total. The molecule has 2 aromatic carbocycles. The fraction of sp³-hybridized carbons (Fsp3) is 0.333. The second-order valence-electron chi connectivity index (χ2n) is 7.18. The first-order valence-electron chi connectivity index (χ1n) is 10.9. The third-order valence-electron chi connectivity index (χ3n) is 5.16. The summed E-state index contributed by atoms with van der Waals surface area (Å²) in [5.74, 6) is 2.59. The van der Waals surface area contributed by atoms with Gasteiger partial charge in [0.1, 0.15) is 11.8 Å². The summed E-state index contributed by atoms with van der Waals surface area (Å²) in [4.78, 5) is 4.61. The van der Waals surface area contributed by atoms with E-state index in [1.165, 1.54) is 0 Å². The molecule has 0 bridgehead atoms. The van der Waals surface area contributed by atoms with Gasteiger partial charge < -0.3 is 23.7 Å². The number of ether oxygens (including phenoxy) is 5. The van der Waals surface area contributed by atoms with Crippen LogP contribution in [-0.4, -0.2) is 47.8 Å². The molecule has 34 heavy (non-hydrogen) atoms. The fourth-order valence-electron chi connectivity index (χ4n) is 3.47. The normalized spacial score (nSPS) is 11.4. The number of aliphatic imine (C=N–C) groups is 1. The number of allylic oxidation sites excluding steroid dienone is 2. The number of nitrogens with zero attached hydrogens (tertiary/aromatic N) is 2. The molecule has 0 aliphatic carbocycles. The average Bonchev–Trinajstić information content (AvgIpc) is 2.88. The Balaban J connectivity index is 2.70.